The molecule has 0 saturated heterocycles. The minimum absolute atomic E-state index is 0. The summed E-state index contributed by atoms with van der Waals surface area (Å²) >= 11 is 0. The molecule has 1 N–H and O–H groups in total. The molecule has 0 fully saturated rings. The molecule has 0 aromatic carbocycles. The molecule has 4 nitrogen and oxygen atoms in total. The van der Waals surface area contributed by atoms with Crippen molar-refractivity contribution < 1.29 is 9.53 Å². The van der Waals surface area contributed by atoms with Crippen molar-refractivity contribution in [2.45, 2.75) is 6.92 Å². The lowest BCUT2D eigenvalue weighted by molar-refractivity contribution is 0.0520. The van der Waals surface area contributed by atoms with Gasteiger partial charge in [-0.05, 0) is 19.1 Å². The third kappa shape index (κ3) is 2.27. The first-order valence-corrected chi connectivity index (χ1v) is 4.41. The lowest BCUT2D eigenvalue weighted by atomic mass is 10.3. The maximum absolute atomic E-state index is 11.3. The highest BCUT2D eigenvalue weighted by molar-refractivity contribution is 5.94. The molecule has 0 spiro atoms. The molecule has 0 saturated carbocycles. The van der Waals surface area contributed by atoms with Crippen LogP contribution in [-0.2, 0) is 4.74 Å². The van der Waals surface area contributed by atoms with Gasteiger partial charge in [0.1, 0.15) is 5.69 Å². The van der Waals surface area contributed by atoms with Crippen LogP contribution in [0.15, 0.2) is 24.5 Å². The van der Waals surface area contributed by atoms with Gasteiger partial charge >= 0.3 is 5.97 Å². The highest BCUT2D eigenvalue weighted by Gasteiger charge is 2.09. The molecule has 0 atom stereocenters. The summed E-state index contributed by atoms with van der Waals surface area (Å²) in [6.07, 6.45) is 3.36. The maximum Gasteiger partial charge on any atom is 0.354 e. The molecule has 5 heteroatoms. The van der Waals surface area contributed by atoms with E-state index in [2.05, 4.69) is 9.97 Å². The van der Waals surface area contributed by atoms with Gasteiger partial charge in [-0.25, -0.2) is 4.79 Å². The zero-order valence-corrected chi connectivity index (χ0v) is 9.00. The number of aromatic nitrogens is 2. The van der Waals surface area contributed by atoms with Crippen molar-refractivity contribution in [1.29, 1.82) is 0 Å². The molecule has 15 heavy (non-hydrogen) atoms. The maximum atomic E-state index is 11.3. The van der Waals surface area contributed by atoms with Crippen LogP contribution in [-0.4, -0.2) is 22.5 Å². The number of aromatic amines is 1. The number of pyridine rings is 1. The number of ether oxygens (including phenoxy) is 1. The summed E-state index contributed by atoms with van der Waals surface area (Å²) < 4.78 is 4.87. The molecule has 0 radical (unpaired) electrons. The van der Waals surface area contributed by atoms with Crippen molar-refractivity contribution in [2.75, 3.05) is 6.61 Å². The highest BCUT2D eigenvalue weighted by Crippen LogP contribution is 2.13. The topological polar surface area (TPSA) is 55.0 Å². The van der Waals surface area contributed by atoms with E-state index >= 15 is 0 Å². The molecule has 0 unspecified atom stereocenters. The first-order valence-electron chi connectivity index (χ1n) is 4.41. The fourth-order valence-electron chi connectivity index (χ4n) is 1.29. The molecule has 2 aromatic heterocycles. The van der Waals surface area contributed by atoms with Crippen molar-refractivity contribution >= 4 is 29.3 Å². The summed E-state index contributed by atoms with van der Waals surface area (Å²) in [5, 5.41) is 0.961. The Morgan fingerprint density at radius 2 is 2.40 bits per heavy atom. The Balaban J connectivity index is 0.00000112. The lowest BCUT2D eigenvalue weighted by Crippen LogP contribution is -2.04. The Hall–Kier alpha value is -1.55. The predicted molar refractivity (Wildman–Crippen MR) is 59.3 cm³/mol. The van der Waals surface area contributed by atoms with E-state index in [4.69, 9.17) is 4.74 Å². The van der Waals surface area contributed by atoms with Crippen LogP contribution < -0.4 is 0 Å². The average Bonchev–Trinajstić information content (AvgIpc) is 2.61. The van der Waals surface area contributed by atoms with Crippen molar-refractivity contribution in [1.82, 2.24) is 9.97 Å². The molecule has 80 valence electrons. The number of nitrogens with one attached hydrogen (secondary N) is 1. The molecule has 0 bridgehead atoms. The molecular formula is C10H11ClN2O2. The van der Waals surface area contributed by atoms with Gasteiger partial charge in [-0.3, -0.25) is 4.98 Å². The smallest absolute Gasteiger partial charge is 0.354 e. The second kappa shape index (κ2) is 4.79. The number of nitrogens with zero attached hydrogens (tertiary/aromatic N) is 1. The molecule has 0 aliphatic heterocycles. The fraction of sp³-hybridized carbons (Fsp3) is 0.200. The van der Waals surface area contributed by atoms with Gasteiger partial charge in [0.2, 0.25) is 0 Å². The summed E-state index contributed by atoms with van der Waals surface area (Å²) in [6.45, 7) is 2.16. The summed E-state index contributed by atoms with van der Waals surface area (Å²) in [5.74, 6) is -0.330. The Labute approximate surface area is 93.1 Å². The number of hydrogen-bond donors (Lipinski definition) is 1. The third-order valence-corrected chi connectivity index (χ3v) is 1.92. The monoisotopic (exact) mass is 226 g/mol. The number of carbonyl (C=O) groups is 1. The van der Waals surface area contributed by atoms with E-state index in [1.807, 2.05) is 6.07 Å². The van der Waals surface area contributed by atoms with E-state index in [-0.39, 0.29) is 18.4 Å². The Bertz CT molecular complexity index is 434. The van der Waals surface area contributed by atoms with Crippen LogP contribution in [0, 0.1) is 0 Å². The van der Waals surface area contributed by atoms with E-state index in [9.17, 15) is 4.79 Å². The summed E-state index contributed by atoms with van der Waals surface area (Å²) in [6, 6.07) is 3.60. The number of H-pyrrole nitrogens is 1. The summed E-state index contributed by atoms with van der Waals surface area (Å²) in [5.41, 5.74) is 1.31. The molecule has 2 aromatic rings. The highest BCUT2D eigenvalue weighted by atomic mass is 35.5. The standard InChI is InChI=1S/C10H10N2O2.ClH/c1-2-14-10(13)8-5-7-3-4-11-6-9(7)12-8;/h3-6,12H,2H2,1H3;1H. The lowest BCUT2D eigenvalue weighted by Gasteiger charge is -1.96. The van der Waals surface area contributed by atoms with Crippen LogP contribution >= 0.6 is 12.4 Å². The molecule has 2 rings (SSSR count). The normalized spacial score (nSPS) is 9.67. The SMILES string of the molecule is CCOC(=O)c1cc2ccncc2[nH]1.Cl. The predicted octanol–water partition coefficient (Wildman–Crippen LogP) is 2.16. The van der Waals surface area contributed by atoms with Gasteiger partial charge in [0.15, 0.2) is 0 Å². The average molecular weight is 227 g/mol. The molecule has 0 aliphatic carbocycles. The molecule has 0 aliphatic rings. The van der Waals surface area contributed by atoms with Crippen molar-refractivity contribution in [2.24, 2.45) is 0 Å². The minimum atomic E-state index is -0.330. The van der Waals surface area contributed by atoms with Crippen LogP contribution in [0.25, 0.3) is 10.9 Å². The van der Waals surface area contributed by atoms with Crippen molar-refractivity contribution in [3.63, 3.8) is 0 Å². The van der Waals surface area contributed by atoms with Gasteiger partial charge in [-0.15, -0.1) is 12.4 Å². The number of rotatable bonds is 2. The zero-order valence-electron chi connectivity index (χ0n) is 8.19. The number of fused-ring (bicyclic) bond motifs is 1. The van der Waals surface area contributed by atoms with E-state index in [1.165, 1.54) is 0 Å². The van der Waals surface area contributed by atoms with Gasteiger partial charge in [0.25, 0.3) is 0 Å². The number of hydrogen-bond acceptors (Lipinski definition) is 3. The van der Waals surface area contributed by atoms with Gasteiger partial charge < -0.3 is 9.72 Å². The third-order valence-electron chi connectivity index (χ3n) is 1.92. The largest absolute Gasteiger partial charge is 0.461 e. The van der Waals surface area contributed by atoms with E-state index < -0.39 is 0 Å². The van der Waals surface area contributed by atoms with Crippen LogP contribution in [0.3, 0.4) is 0 Å². The first-order chi connectivity index (χ1) is 6.81. The number of esters is 1. The number of halogens is 1. The van der Waals surface area contributed by atoms with Gasteiger partial charge in [-0.1, -0.05) is 0 Å². The van der Waals surface area contributed by atoms with Crippen LogP contribution in [0.1, 0.15) is 17.4 Å². The van der Waals surface area contributed by atoms with Gasteiger partial charge in [0.05, 0.1) is 18.3 Å². The van der Waals surface area contributed by atoms with Crippen molar-refractivity contribution in [3.05, 3.63) is 30.2 Å². The zero-order chi connectivity index (χ0) is 9.97. The van der Waals surface area contributed by atoms with Gasteiger partial charge in [-0.2, -0.15) is 0 Å². The summed E-state index contributed by atoms with van der Waals surface area (Å²) in [4.78, 5) is 18.2. The van der Waals surface area contributed by atoms with Gasteiger partial charge in [0, 0.05) is 11.6 Å². The van der Waals surface area contributed by atoms with Crippen molar-refractivity contribution in [3.8, 4) is 0 Å². The Morgan fingerprint density at radius 1 is 1.60 bits per heavy atom. The van der Waals surface area contributed by atoms with Crippen LogP contribution in [0.2, 0.25) is 0 Å². The minimum Gasteiger partial charge on any atom is -0.461 e. The van der Waals surface area contributed by atoms with Crippen LogP contribution in [0.5, 0.6) is 0 Å². The number of carbonyl (C=O) groups excluding carboxylic acids is 1. The Kier molecular flexibility index (Phi) is 3.68. The second-order valence-corrected chi connectivity index (χ2v) is 2.87. The first kappa shape index (κ1) is 11.5. The van der Waals surface area contributed by atoms with E-state index in [0.29, 0.717) is 12.3 Å². The molecule has 2 heterocycles. The van der Waals surface area contributed by atoms with E-state index in [0.717, 1.165) is 10.9 Å². The quantitative estimate of drug-likeness (QED) is 0.799. The second-order valence-electron chi connectivity index (χ2n) is 2.87. The fourth-order valence-corrected chi connectivity index (χ4v) is 1.29. The van der Waals surface area contributed by atoms with Crippen LogP contribution in [0.4, 0.5) is 0 Å². The molecule has 0 amide bonds. The van der Waals surface area contributed by atoms with E-state index in [1.54, 1.807) is 25.4 Å². The summed E-state index contributed by atoms with van der Waals surface area (Å²) in [7, 11) is 0. The molecular weight excluding hydrogens is 216 g/mol. The Morgan fingerprint density at radius 3 is 3.07 bits per heavy atom.